The molecular formula is C19H31FIN5O. The molecule has 0 radical (unpaired) electrons. The normalized spacial score (nSPS) is 18.0. The largest absolute Gasteiger partial charge is 0.383 e. The van der Waals surface area contributed by atoms with Crippen molar-refractivity contribution >= 4 is 35.6 Å². The maximum Gasteiger partial charge on any atom is 0.191 e. The number of rotatable bonds is 8. The van der Waals surface area contributed by atoms with Gasteiger partial charge in [0.05, 0.1) is 13.2 Å². The minimum absolute atomic E-state index is 0. The van der Waals surface area contributed by atoms with Gasteiger partial charge in [0.15, 0.2) is 5.96 Å². The Bertz CT molecular complexity index is 588. The molecule has 1 saturated carbocycles. The van der Waals surface area contributed by atoms with Crippen LogP contribution >= 0.6 is 24.0 Å². The van der Waals surface area contributed by atoms with Crippen molar-refractivity contribution in [1.82, 2.24) is 9.80 Å². The number of anilines is 1. The number of hydrogen-bond acceptors (Lipinski definition) is 4. The fourth-order valence-corrected chi connectivity index (χ4v) is 3.36. The Morgan fingerprint density at radius 2 is 1.85 bits per heavy atom. The molecular weight excluding hydrogens is 460 g/mol. The summed E-state index contributed by atoms with van der Waals surface area (Å²) in [4.78, 5) is 11.4. The van der Waals surface area contributed by atoms with E-state index in [9.17, 15) is 4.39 Å². The second kappa shape index (κ2) is 11.0. The Kier molecular flexibility index (Phi) is 9.04. The van der Waals surface area contributed by atoms with Crippen molar-refractivity contribution < 1.29 is 9.13 Å². The van der Waals surface area contributed by atoms with Gasteiger partial charge >= 0.3 is 0 Å². The summed E-state index contributed by atoms with van der Waals surface area (Å²) in [6.45, 7) is 6.79. The highest BCUT2D eigenvalue weighted by atomic mass is 127. The zero-order valence-electron chi connectivity index (χ0n) is 16.0. The molecule has 0 atom stereocenters. The molecule has 1 aliphatic carbocycles. The molecule has 2 N–H and O–H groups in total. The van der Waals surface area contributed by atoms with Gasteiger partial charge in [-0.3, -0.25) is 9.89 Å². The van der Waals surface area contributed by atoms with E-state index in [4.69, 9.17) is 10.5 Å². The smallest absolute Gasteiger partial charge is 0.191 e. The summed E-state index contributed by atoms with van der Waals surface area (Å²) in [5.41, 5.74) is 7.25. The number of aliphatic imine (C=N–C) groups is 1. The number of halogens is 2. The lowest BCUT2D eigenvalue weighted by Crippen LogP contribution is -2.51. The third kappa shape index (κ3) is 6.76. The van der Waals surface area contributed by atoms with Gasteiger partial charge in [0.25, 0.3) is 0 Å². The van der Waals surface area contributed by atoms with Crippen molar-refractivity contribution in [2.24, 2.45) is 10.7 Å². The summed E-state index contributed by atoms with van der Waals surface area (Å²) in [6.07, 6.45) is 2.57. The van der Waals surface area contributed by atoms with E-state index >= 15 is 0 Å². The number of benzene rings is 1. The highest BCUT2D eigenvalue weighted by Crippen LogP contribution is 2.26. The summed E-state index contributed by atoms with van der Waals surface area (Å²) in [7, 11) is 1.74. The molecule has 2 fully saturated rings. The molecule has 0 unspecified atom stereocenters. The summed E-state index contributed by atoms with van der Waals surface area (Å²) in [6, 6.07) is 7.38. The van der Waals surface area contributed by atoms with Crippen LogP contribution in [0.1, 0.15) is 12.8 Å². The topological polar surface area (TPSA) is 57.3 Å². The Morgan fingerprint density at radius 1 is 1.19 bits per heavy atom. The number of guanidine groups is 1. The molecule has 0 spiro atoms. The van der Waals surface area contributed by atoms with Crippen LogP contribution in [0.15, 0.2) is 29.3 Å². The summed E-state index contributed by atoms with van der Waals surface area (Å²) >= 11 is 0. The number of nitrogens with two attached hydrogens (primary N) is 1. The van der Waals surface area contributed by atoms with Gasteiger partial charge in [-0.15, -0.1) is 24.0 Å². The van der Waals surface area contributed by atoms with Crippen LogP contribution in [0, 0.1) is 5.82 Å². The molecule has 8 heteroatoms. The van der Waals surface area contributed by atoms with Crippen molar-refractivity contribution in [3.63, 3.8) is 0 Å². The lowest BCUT2D eigenvalue weighted by atomic mass is 10.2. The van der Waals surface area contributed by atoms with Crippen LogP contribution in [0.2, 0.25) is 0 Å². The lowest BCUT2D eigenvalue weighted by molar-refractivity contribution is 0.145. The first-order valence-electron chi connectivity index (χ1n) is 9.46. The molecule has 1 aromatic rings. The third-order valence-electron chi connectivity index (χ3n) is 5.10. The van der Waals surface area contributed by atoms with Gasteiger partial charge in [-0.25, -0.2) is 4.39 Å². The number of methoxy groups -OCH3 is 1. The SMILES string of the molecule is COCCN(CCN=C(N)N1CCN(c2ccc(F)cc2)CC1)C1CC1.I. The molecule has 152 valence electrons. The molecule has 0 amide bonds. The van der Waals surface area contributed by atoms with Gasteiger partial charge in [-0.2, -0.15) is 0 Å². The average Bonchev–Trinajstić information content (AvgIpc) is 3.50. The summed E-state index contributed by atoms with van der Waals surface area (Å²) in [5, 5.41) is 0. The van der Waals surface area contributed by atoms with E-state index in [1.54, 1.807) is 7.11 Å². The molecule has 1 saturated heterocycles. The Balaban J connectivity index is 0.00000261. The predicted molar refractivity (Wildman–Crippen MR) is 119 cm³/mol. The standard InChI is InChI=1S/C19H30FN5O.HI/c1-26-15-14-23(18-6-7-18)9-8-22-19(21)25-12-10-24(11-13-25)17-4-2-16(20)3-5-17;/h2-5,18H,6-15H2,1H3,(H2,21,22);1H. The van der Waals surface area contributed by atoms with Gasteiger partial charge in [0.1, 0.15) is 5.82 Å². The van der Waals surface area contributed by atoms with Gasteiger partial charge in [0.2, 0.25) is 0 Å². The quantitative estimate of drug-likeness (QED) is 0.343. The second-order valence-corrected chi connectivity index (χ2v) is 6.95. The van der Waals surface area contributed by atoms with Gasteiger partial charge in [-0.05, 0) is 37.1 Å². The minimum Gasteiger partial charge on any atom is -0.383 e. The zero-order valence-corrected chi connectivity index (χ0v) is 18.3. The molecule has 27 heavy (non-hydrogen) atoms. The second-order valence-electron chi connectivity index (χ2n) is 6.95. The average molecular weight is 491 g/mol. The molecule has 6 nitrogen and oxygen atoms in total. The van der Waals surface area contributed by atoms with Crippen LogP contribution in [-0.2, 0) is 4.74 Å². The van der Waals surface area contributed by atoms with Crippen molar-refractivity contribution in [3.05, 3.63) is 30.1 Å². The molecule has 1 aliphatic heterocycles. The van der Waals surface area contributed by atoms with E-state index in [0.717, 1.165) is 58.1 Å². The number of nitrogens with zero attached hydrogens (tertiary/aromatic N) is 4. The van der Waals surface area contributed by atoms with E-state index in [-0.39, 0.29) is 29.8 Å². The van der Waals surface area contributed by atoms with Crippen molar-refractivity contribution in [2.75, 3.05) is 64.4 Å². The van der Waals surface area contributed by atoms with Gasteiger partial charge in [-0.1, -0.05) is 0 Å². The van der Waals surface area contributed by atoms with Gasteiger partial charge < -0.3 is 20.3 Å². The van der Waals surface area contributed by atoms with Crippen LogP contribution in [0.5, 0.6) is 0 Å². The van der Waals surface area contributed by atoms with E-state index in [0.29, 0.717) is 12.0 Å². The Labute approximate surface area is 178 Å². The van der Waals surface area contributed by atoms with E-state index in [2.05, 4.69) is 19.7 Å². The van der Waals surface area contributed by atoms with Crippen molar-refractivity contribution in [2.45, 2.75) is 18.9 Å². The molecule has 0 bridgehead atoms. The first-order chi connectivity index (χ1) is 12.7. The zero-order chi connectivity index (χ0) is 18.4. The number of piperazine rings is 1. The van der Waals surface area contributed by atoms with Crippen molar-refractivity contribution in [1.29, 1.82) is 0 Å². The van der Waals surface area contributed by atoms with E-state index in [1.807, 2.05) is 12.1 Å². The highest BCUT2D eigenvalue weighted by Gasteiger charge is 2.28. The third-order valence-corrected chi connectivity index (χ3v) is 5.10. The number of ether oxygens (including phenoxy) is 1. The van der Waals surface area contributed by atoms with Crippen LogP contribution in [-0.4, -0.2) is 81.3 Å². The fraction of sp³-hybridized carbons (Fsp3) is 0.632. The highest BCUT2D eigenvalue weighted by molar-refractivity contribution is 14.0. The van der Waals surface area contributed by atoms with Crippen LogP contribution in [0.25, 0.3) is 0 Å². The molecule has 0 aromatic heterocycles. The van der Waals surface area contributed by atoms with Gasteiger partial charge in [0, 0.05) is 58.1 Å². The minimum atomic E-state index is -0.200. The fourth-order valence-electron chi connectivity index (χ4n) is 3.36. The monoisotopic (exact) mass is 491 g/mol. The summed E-state index contributed by atoms with van der Waals surface area (Å²) in [5.74, 6) is 0.431. The summed E-state index contributed by atoms with van der Waals surface area (Å²) < 4.78 is 18.2. The molecule has 2 aliphatic rings. The number of hydrogen-bond donors (Lipinski definition) is 1. The molecule has 1 aromatic carbocycles. The Hall–Kier alpha value is -1.13. The van der Waals surface area contributed by atoms with E-state index in [1.165, 1.54) is 25.0 Å². The lowest BCUT2D eigenvalue weighted by Gasteiger charge is -2.36. The molecule has 1 heterocycles. The van der Waals surface area contributed by atoms with Crippen LogP contribution < -0.4 is 10.6 Å². The van der Waals surface area contributed by atoms with Crippen molar-refractivity contribution in [3.8, 4) is 0 Å². The van der Waals surface area contributed by atoms with E-state index < -0.39 is 0 Å². The first kappa shape index (κ1) is 22.2. The Morgan fingerprint density at radius 3 is 2.44 bits per heavy atom. The maximum atomic E-state index is 13.0. The van der Waals surface area contributed by atoms with Crippen LogP contribution in [0.4, 0.5) is 10.1 Å². The maximum absolute atomic E-state index is 13.0. The molecule has 3 rings (SSSR count). The predicted octanol–water partition coefficient (Wildman–Crippen LogP) is 1.99. The van der Waals surface area contributed by atoms with Crippen LogP contribution in [0.3, 0.4) is 0 Å². The first-order valence-corrected chi connectivity index (χ1v) is 9.46.